The van der Waals surface area contributed by atoms with Crippen molar-refractivity contribution in [2.75, 3.05) is 5.43 Å². The molecule has 1 aromatic heterocycles. The second-order valence-electron chi connectivity index (χ2n) is 2.22. The van der Waals surface area contributed by atoms with Gasteiger partial charge in [0.1, 0.15) is 6.20 Å². The van der Waals surface area contributed by atoms with E-state index in [1.807, 2.05) is 5.43 Å². The van der Waals surface area contributed by atoms with Crippen molar-refractivity contribution in [3.8, 4) is 0 Å². The van der Waals surface area contributed by atoms with Crippen LogP contribution in [-0.2, 0) is 0 Å². The number of nitrogens with one attached hydrogen (secondary N) is 1. The van der Waals surface area contributed by atoms with Gasteiger partial charge in [-0.3, -0.25) is 20.2 Å². The number of nitrogen functional groups attached to an aromatic ring is 1. The average molecular weight is 199 g/mol. The van der Waals surface area contributed by atoms with Gasteiger partial charge in [-0.25, -0.2) is 10.8 Å². The highest BCUT2D eigenvalue weighted by Crippen LogP contribution is 2.24. The molecular formula is C5H5N5O4. The minimum Gasteiger partial charge on any atom is -0.303 e. The lowest BCUT2D eigenvalue weighted by atomic mass is 10.3. The third kappa shape index (κ3) is 1.72. The number of nitro groups is 2. The fourth-order valence-electron chi connectivity index (χ4n) is 0.793. The van der Waals surface area contributed by atoms with Gasteiger partial charge in [0, 0.05) is 0 Å². The van der Waals surface area contributed by atoms with Gasteiger partial charge in [0.2, 0.25) is 5.82 Å². The van der Waals surface area contributed by atoms with Gasteiger partial charge in [-0.05, 0) is 0 Å². The van der Waals surface area contributed by atoms with E-state index < -0.39 is 21.2 Å². The van der Waals surface area contributed by atoms with Gasteiger partial charge >= 0.3 is 5.69 Å². The van der Waals surface area contributed by atoms with Crippen LogP contribution in [0.4, 0.5) is 17.2 Å². The fraction of sp³-hybridized carbons (Fsp3) is 0. The summed E-state index contributed by atoms with van der Waals surface area (Å²) in [4.78, 5) is 22.5. The first-order chi connectivity index (χ1) is 6.56. The highest BCUT2D eigenvalue weighted by Gasteiger charge is 2.19. The van der Waals surface area contributed by atoms with Crippen LogP contribution in [0, 0.1) is 20.2 Å². The Morgan fingerprint density at radius 3 is 2.43 bits per heavy atom. The van der Waals surface area contributed by atoms with Crippen molar-refractivity contribution < 1.29 is 9.85 Å². The quantitative estimate of drug-likeness (QED) is 0.402. The highest BCUT2D eigenvalue weighted by molar-refractivity contribution is 5.58. The molecule has 0 aliphatic heterocycles. The number of anilines is 1. The summed E-state index contributed by atoms with van der Waals surface area (Å²) < 4.78 is 0. The van der Waals surface area contributed by atoms with Crippen LogP contribution in [0.5, 0.6) is 0 Å². The van der Waals surface area contributed by atoms with Crippen LogP contribution in [0.2, 0.25) is 0 Å². The van der Waals surface area contributed by atoms with Crippen LogP contribution >= 0.6 is 0 Å². The molecular weight excluding hydrogens is 194 g/mol. The SMILES string of the molecule is NNc1ncc([N+](=O)[O-])cc1[N+](=O)[O-]. The molecule has 0 unspecified atom stereocenters. The van der Waals surface area contributed by atoms with Gasteiger partial charge in [0.05, 0.1) is 15.9 Å². The van der Waals surface area contributed by atoms with Crippen molar-refractivity contribution in [1.82, 2.24) is 4.98 Å². The van der Waals surface area contributed by atoms with Crippen molar-refractivity contribution in [2.45, 2.75) is 0 Å². The van der Waals surface area contributed by atoms with Crippen LogP contribution in [0.25, 0.3) is 0 Å². The molecule has 0 amide bonds. The minimum atomic E-state index is -0.810. The average Bonchev–Trinajstić information content (AvgIpc) is 2.16. The van der Waals surface area contributed by atoms with E-state index in [9.17, 15) is 20.2 Å². The third-order valence-electron chi connectivity index (χ3n) is 1.40. The molecule has 0 saturated carbocycles. The van der Waals surface area contributed by atoms with Crippen LogP contribution in [-0.4, -0.2) is 14.8 Å². The largest absolute Gasteiger partial charge is 0.319 e. The van der Waals surface area contributed by atoms with Gasteiger partial charge in [-0.2, -0.15) is 0 Å². The number of hydrogen-bond acceptors (Lipinski definition) is 7. The Bertz CT molecular complexity index is 392. The van der Waals surface area contributed by atoms with Crippen molar-refractivity contribution in [3.05, 3.63) is 32.5 Å². The number of rotatable bonds is 3. The van der Waals surface area contributed by atoms with E-state index in [0.29, 0.717) is 0 Å². The Labute approximate surface area is 76.8 Å². The van der Waals surface area contributed by atoms with Crippen LogP contribution < -0.4 is 11.3 Å². The maximum atomic E-state index is 10.4. The zero-order valence-electron chi connectivity index (χ0n) is 6.71. The Balaban J connectivity index is 3.27. The first-order valence-electron chi connectivity index (χ1n) is 3.31. The predicted molar refractivity (Wildman–Crippen MR) is 45.4 cm³/mol. The summed E-state index contributed by atoms with van der Waals surface area (Å²) in [7, 11) is 0. The Kier molecular flexibility index (Phi) is 2.53. The molecule has 0 bridgehead atoms. The number of aromatic nitrogens is 1. The Morgan fingerprint density at radius 2 is 2.00 bits per heavy atom. The van der Waals surface area contributed by atoms with Crippen molar-refractivity contribution in [2.24, 2.45) is 5.84 Å². The lowest BCUT2D eigenvalue weighted by Gasteiger charge is -1.99. The Hall–Kier alpha value is -2.29. The maximum Gasteiger partial charge on any atom is 0.319 e. The molecule has 74 valence electrons. The molecule has 0 spiro atoms. The molecule has 0 atom stereocenters. The number of hydrogen-bond donors (Lipinski definition) is 2. The number of nitrogens with two attached hydrogens (primary N) is 1. The molecule has 0 fully saturated rings. The van der Waals surface area contributed by atoms with E-state index in [4.69, 9.17) is 5.84 Å². The summed E-state index contributed by atoms with van der Waals surface area (Å²) >= 11 is 0. The van der Waals surface area contributed by atoms with Crippen LogP contribution in [0.15, 0.2) is 12.3 Å². The maximum absolute atomic E-state index is 10.4. The van der Waals surface area contributed by atoms with E-state index in [2.05, 4.69) is 4.98 Å². The van der Waals surface area contributed by atoms with Crippen molar-refractivity contribution in [1.29, 1.82) is 0 Å². The summed E-state index contributed by atoms with van der Waals surface area (Å²) in [5.74, 6) is 4.71. The lowest BCUT2D eigenvalue weighted by molar-refractivity contribution is -0.394. The van der Waals surface area contributed by atoms with Gasteiger partial charge in [-0.15, -0.1) is 0 Å². The van der Waals surface area contributed by atoms with E-state index in [1.54, 1.807) is 0 Å². The van der Waals surface area contributed by atoms with Gasteiger partial charge in [-0.1, -0.05) is 0 Å². The van der Waals surface area contributed by atoms with Gasteiger partial charge in [0.25, 0.3) is 5.69 Å². The fourth-order valence-corrected chi connectivity index (χ4v) is 0.793. The van der Waals surface area contributed by atoms with E-state index >= 15 is 0 Å². The van der Waals surface area contributed by atoms with E-state index in [1.165, 1.54) is 0 Å². The summed E-state index contributed by atoms with van der Waals surface area (Å²) in [6, 6.07) is 0.780. The molecule has 1 aromatic rings. The second kappa shape index (κ2) is 3.62. The summed E-state index contributed by atoms with van der Waals surface area (Å²) in [6.07, 6.45) is 0.877. The molecule has 9 heteroatoms. The molecule has 1 rings (SSSR count). The van der Waals surface area contributed by atoms with E-state index in [0.717, 1.165) is 12.3 Å². The minimum absolute atomic E-state index is 0.222. The van der Waals surface area contributed by atoms with Crippen LogP contribution in [0.3, 0.4) is 0 Å². The molecule has 0 aromatic carbocycles. The standard InChI is InChI=1S/C5H5N5O4/c6-8-5-4(10(13)14)1-3(2-7-5)9(11)12/h1-2H,6H2,(H,7,8). The molecule has 14 heavy (non-hydrogen) atoms. The van der Waals surface area contributed by atoms with Crippen LogP contribution in [0.1, 0.15) is 0 Å². The summed E-state index contributed by atoms with van der Waals surface area (Å²) in [5, 5.41) is 20.7. The first-order valence-corrected chi connectivity index (χ1v) is 3.31. The summed E-state index contributed by atoms with van der Waals surface area (Å²) in [6.45, 7) is 0. The topological polar surface area (TPSA) is 137 Å². The number of hydrazine groups is 1. The predicted octanol–water partition coefficient (Wildman–Crippen LogP) is 0.184. The molecule has 9 nitrogen and oxygen atoms in total. The highest BCUT2D eigenvalue weighted by atomic mass is 16.6. The third-order valence-corrected chi connectivity index (χ3v) is 1.40. The molecule has 0 aliphatic carbocycles. The second-order valence-corrected chi connectivity index (χ2v) is 2.22. The van der Waals surface area contributed by atoms with Crippen molar-refractivity contribution >= 4 is 17.2 Å². The summed E-state index contributed by atoms with van der Waals surface area (Å²) in [5.41, 5.74) is 0.965. The van der Waals surface area contributed by atoms with Gasteiger partial charge < -0.3 is 5.43 Å². The molecule has 1 heterocycles. The lowest BCUT2D eigenvalue weighted by Crippen LogP contribution is -2.11. The Morgan fingerprint density at radius 1 is 1.36 bits per heavy atom. The van der Waals surface area contributed by atoms with Crippen molar-refractivity contribution in [3.63, 3.8) is 0 Å². The molecule has 3 N–H and O–H groups in total. The monoisotopic (exact) mass is 199 g/mol. The molecule has 0 aliphatic rings. The number of pyridine rings is 1. The zero-order valence-corrected chi connectivity index (χ0v) is 6.71. The zero-order chi connectivity index (χ0) is 10.7. The van der Waals surface area contributed by atoms with E-state index in [-0.39, 0.29) is 5.82 Å². The smallest absolute Gasteiger partial charge is 0.303 e. The normalized spacial score (nSPS) is 9.50. The number of nitrogens with zero attached hydrogens (tertiary/aromatic N) is 3. The molecule has 0 saturated heterocycles. The first kappa shape index (κ1) is 9.80. The molecule has 0 radical (unpaired) electrons. The van der Waals surface area contributed by atoms with Gasteiger partial charge in [0.15, 0.2) is 0 Å².